The normalized spacial score (nSPS) is 16.8. The molecule has 6 nitrogen and oxygen atoms in total. The summed E-state index contributed by atoms with van der Waals surface area (Å²) < 4.78 is 1.53. The van der Waals surface area contributed by atoms with Crippen molar-refractivity contribution in [3.05, 3.63) is 18.0 Å². The van der Waals surface area contributed by atoms with E-state index < -0.39 is 11.4 Å². The van der Waals surface area contributed by atoms with E-state index in [1.807, 2.05) is 0 Å². The quantitative estimate of drug-likeness (QED) is 0.753. The number of amides is 1. The summed E-state index contributed by atoms with van der Waals surface area (Å²) in [6.45, 7) is 0.191. The molecule has 1 aliphatic carbocycles. The first-order chi connectivity index (χ1) is 7.53. The van der Waals surface area contributed by atoms with Crippen LogP contribution in [0.25, 0.3) is 0 Å². The van der Waals surface area contributed by atoms with Crippen molar-refractivity contribution < 1.29 is 14.7 Å². The Kier molecular flexibility index (Phi) is 2.41. The lowest BCUT2D eigenvalue weighted by Gasteiger charge is -2.09. The largest absolute Gasteiger partial charge is 0.481 e. The highest BCUT2D eigenvalue weighted by Crippen LogP contribution is 2.45. The molecule has 0 spiro atoms. The summed E-state index contributed by atoms with van der Waals surface area (Å²) in [4.78, 5) is 22.5. The van der Waals surface area contributed by atoms with Crippen LogP contribution in [0.1, 0.15) is 23.2 Å². The van der Waals surface area contributed by atoms with Crippen LogP contribution < -0.4 is 5.32 Å². The van der Waals surface area contributed by atoms with Crippen molar-refractivity contribution in [1.29, 1.82) is 0 Å². The van der Waals surface area contributed by atoms with Gasteiger partial charge in [0, 0.05) is 19.8 Å². The van der Waals surface area contributed by atoms with Crippen molar-refractivity contribution in [3.8, 4) is 0 Å². The van der Waals surface area contributed by atoms with Crippen molar-refractivity contribution in [2.24, 2.45) is 12.5 Å². The van der Waals surface area contributed by atoms with E-state index in [-0.39, 0.29) is 12.5 Å². The molecule has 0 saturated heterocycles. The number of hydrogen-bond acceptors (Lipinski definition) is 3. The molecule has 1 aromatic rings. The number of carbonyl (C=O) groups is 2. The summed E-state index contributed by atoms with van der Waals surface area (Å²) in [7, 11) is 1.72. The number of aryl methyl sites for hydroxylation is 1. The first kappa shape index (κ1) is 10.7. The van der Waals surface area contributed by atoms with Crippen molar-refractivity contribution in [2.75, 3.05) is 6.54 Å². The molecule has 1 aromatic heterocycles. The highest BCUT2D eigenvalue weighted by Gasteiger charge is 2.50. The van der Waals surface area contributed by atoms with Gasteiger partial charge in [0.1, 0.15) is 0 Å². The van der Waals surface area contributed by atoms with Crippen LogP contribution in [0.4, 0.5) is 0 Å². The zero-order valence-electron chi connectivity index (χ0n) is 8.93. The Hall–Kier alpha value is -1.85. The molecule has 0 atom stereocenters. The molecule has 86 valence electrons. The van der Waals surface area contributed by atoms with E-state index in [1.54, 1.807) is 13.2 Å². The topological polar surface area (TPSA) is 84.2 Å². The van der Waals surface area contributed by atoms with Crippen LogP contribution >= 0.6 is 0 Å². The molecule has 0 aliphatic heterocycles. The molecule has 16 heavy (non-hydrogen) atoms. The second-order valence-corrected chi connectivity index (χ2v) is 4.17. The minimum atomic E-state index is -0.834. The number of carboxylic acids is 1. The third kappa shape index (κ3) is 1.91. The highest BCUT2D eigenvalue weighted by atomic mass is 16.4. The molecular weight excluding hydrogens is 210 g/mol. The van der Waals surface area contributed by atoms with Gasteiger partial charge >= 0.3 is 5.97 Å². The first-order valence-corrected chi connectivity index (χ1v) is 5.04. The Morgan fingerprint density at radius 1 is 1.62 bits per heavy atom. The van der Waals surface area contributed by atoms with Crippen molar-refractivity contribution in [2.45, 2.75) is 12.8 Å². The van der Waals surface area contributed by atoms with Gasteiger partial charge in [0.15, 0.2) is 0 Å². The summed E-state index contributed by atoms with van der Waals surface area (Å²) in [5.74, 6) is -1.11. The number of aliphatic carboxylic acids is 1. The second-order valence-electron chi connectivity index (χ2n) is 4.17. The number of hydrogen-bond donors (Lipinski definition) is 2. The maximum atomic E-state index is 11.6. The fourth-order valence-electron chi connectivity index (χ4n) is 1.51. The smallest absolute Gasteiger partial charge is 0.311 e. The number of aromatic nitrogens is 2. The predicted molar refractivity (Wildman–Crippen MR) is 54.8 cm³/mol. The summed E-state index contributed by atoms with van der Waals surface area (Å²) in [5.41, 5.74) is -0.276. The fraction of sp³-hybridized carbons (Fsp3) is 0.500. The van der Waals surface area contributed by atoms with Gasteiger partial charge in [-0.2, -0.15) is 5.10 Å². The summed E-state index contributed by atoms with van der Waals surface area (Å²) in [5, 5.41) is 15.4. The minimum absolute atomic E-state index is 0.191. The van der Waals surface area contributed by atoms with Crippen molar-refractivity contribution in [3.63, 3.8) is 0 Å². The van der Waals surface area contributed by atoms with Crippen LogP contribution in [0.5, 0.6) is 0 Å². The molecule has 0 bridgehead atoms. The predicted octanol–water partition coefficient (Wildman–Crippen LogP) is 0.0147. The molecule has 0 radical (unpaired) electrons. The lowest BCUT2D eigenvalue weighted by atomic mass is 10.1. The van der Waals surface area contributed by atoms with Gasteiger partial charge in [0.25, 0.3) is 5.91 Å². The fourth-order valence-corrected chi connectivity index (χ4v) is 1.51. The molecule has 1 fully saturated rings. The highest BCUT2D eigenvalue weighted by molar-refractivity contribution is 5.94. The average Bonchev–Trinajstić information content (AvgIpc) is 2.92. The van der Waals surface area contributed by atoms with Crippen molar-refractivity contribution in [1.82, 2.24) is 15.1 Å². The number of rotatable bonds is 4. The number of carbonyl (C=O) groups excluding carboxylic acids is 1. The first-order valence-electron chi connectivity index (χ1n) is 5.04. The molecular formula is C10H13N3O3. The molecule has 0 unspecified atom stereocenters. The third-order valence-corrected chi connectivity index (χ3v) is 2.86. The van der Waals surface area contributed by atoms with Crippen LogP contribution in [-0.2, 0) is 11.8 Å². The van der Waals surface area contributed by atoms with Crippen LogP contribution in [0.15, 0.2) is 12.4 Å². The van der Waals surface area contributed by atoms with E-state index in [4.69, 9.17) is 5.11 Å². The van der Waals surface area contributed by atoms with Gasteiger partial charge < -0.3 is 10.4 Å². The van der Waals surface area contributed by atoms with E-state index >= 15 is 0 Å². The van der Waals surface area contributed by atoms with Gasteiger partial charge in [-0.3, -0.25) is 14.3 Å². The van der Waals surface area contributed by atoms with E-state index in [0.29, 0.717) is 18.4 Å². The minimum Gasteiger partial charge on any atom is -0.481 e. The monoisotopic (exact) mass is 223 g/mol. The number of nitrogens with one attached hydrogen (secondary N) is 1. The van der Waals surface area contributed by atoms with Crippen LogP contribution in [0, 0.1) is 5.41 Å². The second kappa shape index (κ2) is 3.62. The van der Waals surface area contributed by atoms with Crippen LogP contribution in [0.3, 0.4) is 0 Å². The Morgan fingerprint density at radius 2 is 2.31 bits per heavy atom. The molecule has 2 N–H and O–H groups in total. The molecule has 1 heterocycles. The SMILES string of the molecule is Cn1cc(C(=O)NCC2(C(=O)O)CC2)cn1. The Labute approximate surface area is 92.3 Å². The maximum absolute atomic E-state index is 11.6. The third-order valence-electron chi connectivity index (χ3n) is 2.86. The Morgan fingerprint density at radius 3 is 2.75 bits per heavy atom. The maximum Gasteiger partial charge on any atom is 0.311 e. The zero-order chi connectivity index (χ0) is 11.8. The summed E-state index contributed by atoms with van der Waals surface area (Å²) in [6.07, 6.45) is 4.32. The van der Waals surface area contributed by atoms with Gasteiger partial charge in [-0.15, -0.1) is 0 Å². The van der Waals surface area contributed by atoms with E-state index in [1.165, 1.54) is 10.9 Å². The van der Waals surface area contributed by atoms with Crippen molar-refractivity contribution >= 4 is 11.9 Å². The molecule has 1 amide bonds. The summed E-state index contributed by atoms with van der Waals surface area (Å²) >= 11 is 0. The van der Waals surface area contributed by atoms with Gasteiger partial charge in [0.05, 0.1) is 17.2 Å². The lowest BCUT2D eigenvalue weighted by Crippen LogP contribution is -2.34. The standard InChI is InChI=1S/C10H13N3O3/c1-13-5-7(4-12-13)8(14)11-6-10(2-3-10)9(15)16/h4-5H,2-3,6H2,1H3,(H,11,14)(H,15,16). The number of carboxylic acid groups (broad SMARTS) is 1. The molecule has 2 rings (SSSR count). The zero-order valence-corrected chi connectivity index (χ0v) is 8.93. The van der Waals surface area contributed by atoms with Gasteiger partial charge in [0.2, 0.25) is 0 Å². The van der Waals surface area contributed by atoms with Gasteiger partial charge in [-0.05, 0) is 12.8 Å². The van der Waals surface area contributed by atoms with Crippen LogP contribution in [0.2, 0.25) is 0 Å². The van der Waals surface area contributed by atoms with Gasteiger partial charge in [-0.1, -0.05) is 0 Å². The summed E-state index contributed by atoms with van der Waals surface area (Å²) in [6, 6.07) is 0. The lowest BCUT2D eigenvalue weighted by molar-refractivity contribution is -0.143. The van der Waals surface area contributed by atoms with E-state index in [2.05, 4.69) is 10.4 Å². The van der Waals surface area contributed by atoms with Gasteiger partial charge in [-0.25, -0.2) is 0 Å². The number of nitrogens with zero attached hydrogens (tertiary/aromatic N) is 2. The Bertz CT molecular complexity index is 434. The molecule has 6 heteroatoms. The van der Waals surface area contributed by atoms with E-state index in [9.17, 15) is 9.59 Å². The molecule has 1 saturated carbocycles. The average molecular weight is 223 g/mol. The van der Waals surface area contributed by atoms with E-state index in [0.717, 1.165) is 0 Å². The van der Waals surface area contributed by atoms with Crippen LogP contribution in [-0.4, -0.2) is 33.3 Å². The molecule has 0 aromatic carbocycles. The molecule has 1 aliphatic rings. The Balaban J connectivity index is 1.92.